The van der Waals surface area contributed by atoms with Gasteiger partial charge in [-0.25, -0.2) is 9.97 Å². The molecular weight excluding hydrogens is 256 g/mol. The molecule has 0 saturated carbocycles. The van der Waals surface area contributed by atoms with Gasteiger partial charge < -0.3 is 4.42 Å². The number of aromatic nitrogens is 2. The van der Waals surface area contributed by atoms with Gasteiger partial charge in [-0.05, 0) is 18.2 Å². The molecule has 0 saturated heterocycles. The lowest BCUT2D eigenvalue weighted by Gasteiger charge is -2.09. The quantitative estimate of drug-likeness (QED) is 0.522. The summed E-state index contributed by atoms with van der Waals surface area (Å²) in [6.45, 7) is 4.32. The third kappa shape index (κ3) is 2.49. The zero-order chi connectivity index (χ0) is 13.2. The van der Waals surface area contributed by atoms with Crippen molar-refractivity contribution in [2.75, 3.05) is 0 Å². The molecule has 3 aromatic rings. The number of furan rings is 1. The molecule has 2 aromatic heterocycles. The highest BCUT2D eigenvalue weighted by molar-refractivity contribution is 8.00. The van der Waals surface area contributed by atoms with E-state index >= 15 is 0 Å². The van der Waals surface area contributed by atoms with Gasteiger partial charge in [-0.2, -0.15) is 0 Å². The molecule has 96 valence electrons. The summed E-state index contributed by atoms with van der Waals surface area (Å²) in [6, 6.07) is 11.8. The molecule has 0 aliphatic heterocycles. The molecule has 0 aliphatic rings. The standard InChI is InChI=1S/C15H14N2OS/c1-10(2)19-15-11-6-3-4-7-12(11)16-14(17-15)13-8-5-9-18-13/h3-10H,1-2H3. The van der Waals surface area contributed by atoms with E-state index in [1.807, 2.05) is 30.3 Å². The van der Waals surface area contributed by atoms with Crippen molar-refractivity contribution in [3.8, 4) is 11.6 Å². The Morgan fingerprint density at radius 1 is 1.05 bits per heavy atom. The van der Waals surface area contributed by atoms with Gasteiger partial charge >= 0.3 is 0 Å². The van der Waals surface area contributed by atoms with Crippen molar-refractivity contribution in [2.45, 2.75) is 24.1 Å². The van der Waals surface area contributed by atoms with E-state index in [1.54, 1.807) is 18.0 Å². The molecule has 0 spiro atoms. The van der Waals surface area contributed by atoms with Crippen LogP contribution in [0.25, 0.3) is 22.5 Å². The molecule has 3 nitrogen and oxygen atoms in total. The summed E-state index contributed by atoms with van der Waals surface area (Å²) in [5.74, 6) is 1.35. The Morgan fingerprint density at radius 2 is 1.89 bits per heavy atom. The highest BCUT2D eigenvalue weighted by atomic mass is 32.2. The van der Waals surface area contributed by atoms with Gasteiger partial charge in [0.1, 0.15) is 5.03 Å². The molecule has 0 bridgehead atoms. The van der Waals surface area contributed by atoms with Gasteiger partial charge in [0.25, 0.3) is 0 Å². The van der Waals surface area contributed by atoms with E-state index in [9.17, 15) is 0 Å². The van der Waals surface area contributed by atoms with E-state index in [4.69, 9.17) is 4.42 Å². The highest BCUT2D eigenvalue weighted by Gasteiger charge is 2.12. The molecule has 2 heterocycles. The summed E-state index contributed by atoms with van der Waals surface area (Å²) < 4.78 is 5.39. The fourth-order valence-electron chi connectivity index (χ4n) is 1.88. The van der Waals surface area contributed by atoms with Gasteiger partial charge in [0.2, 0.25) is 0 Å². The first-order chi connectivity index (χ1) is 9.24. The van der Waals surface area contributed by atoms with E-state index in [0.717, 1.165) is 15.9 Å². The van der Waals surface area contributed by atoms with Gasteiger partial charge in [-0.1, -0.05) is 32.0 Å². The van der Waals surface area contributed by atoms with E-state index < -0.39 is 0 Å². The van der Waals surface area contributed by atoms with Crippen LogP contribution in [0, 0.1) is 0 Å². The maximum Gasteiger partial charge on any atom is 0.197 e. The zero-order valence-corrected chi connectivity index (χ0v) is 11.6. The van der Waals surface area contributed by atoms with Crippen LogP contribution in [-0.4, -0.2) is 15.2 Å². The van der Waals surface area contributed by atoms with Crippen LogP contribution in [0.1, 0.15) is 13.8 Å². The van der Waals surface area contributed by atoms with Crippen molar-refractivity contribution in [1.82, 2.24) is 9.97 Å². The van der Waals surface area contributed by atoms with Gasteiger partial charge in [0.05, 0.1) is 11.8 Å². The summed E-state index contributed by atoms with van der Waals surface area (Å²) >= 11 is 1.75. The lowest BCUT2D eigenvalue weighted by atomic mass is 10.2. The van der Waals surface area contributed by atoms with Crippen LogP contribution < -0.4 is 0 Å². The Labute approximate surface area is 116 Å². The van der Waals surface area contributed by atoms with E-state index in [1.165, 1.54) is 0 Å². The zero-order valence-electron chi connectivity index (χ0n) is 10.8. The lowest BCUT2D eigenvalue weighted by Crippen LogP contribution is -1.95. The summed E-state index contributed by atoms with van der Waals surface area (Å²) in [4.78, 5) is 9.21. The largest absolute Gasteiger partial charge is 0.461 e. The van der Waals surface area contributed by atoms with Gasteiger partial charge in [-0.15, -0.1) is 11.8 Å². The molecule has 0 aliphatic carbocycles. The van der Waals surface area contributed by atoms with Crippen LogP contribution in [-0.2, 0) is 0 Å². The van der Waals surface area contributed by atoms with Crippen molar-refractivity contribution >= 4 is 22.7 Å². The second kappa shape index (κ2) is 5.05. The van der Waals surface area contributed by atoms with E-state index in [-0.39, 0.29) is 0 Å². The first-order valence-electron chi connectivity index (χ1n) is 6.21. The molecule has 3 rings (SSSR count). The first-order valence-corrected chi connectivity index (χ1v) is 7.09. The second-order valence-corrected chi connectivity index (χ2v) is 6.08. The van der Waals surface area contributed by atoms with Gasteiger partial charge in [0.15, 0.2) is 11.6 Å². The fraction of sp³-hybridized carbons (Fsp3) is 0.200. The summed E-state index contributed by atoms with van der Waals surface area (Å²) in [5.41, 5.74) is 0.951. The van der Waals surface area contributed by atoms with Crippen LogP contribution in [0.4, 0.5) is 0 Å². The molecule has 0 unspecified atom stereocenters. The third-order valence-electron chi connectivity index (χ3n) is 2.66. The number of thioether (sulfide) groups is 1. The SMILES string of the molecule is CC(C)Sc1nc(-c2ccco2)nc2ccccc12. The van der Waals surface area contributed by atoms with Crippen LogP contribution in [0.5, 0.6) is 0 Å². The van der Waals surface area contributed by atoms with Crippen molar-refractivity contribution < 1.29 is 4.42 Å². The minimum absolute atomic E-state index is 0.475. The minimum atomic E-state index is 0.475. The van der Waals surface area contributed by atoms with Gasteiger partial charge in [0, 0.05) is 10.6 Å². The van der Waals surface area contributed by atoms with E-state index in [2.05, 4.69) is 29.9 Å². The summed E-state index contributed by atoms with van der Waals surface area (Å²) in [5, 5.41) is 2.58. The molecule has 0 amide bonds. The topological polar surface area (TPSA) is 38.9 Å². The molecule has 4 heteroatoms. The number of fused-ring (bicyclic) bond motifs is 1. The summed E-state index contributed by atoms with van der Waals surface area (Å²) in [6.07, 6.45) is 1.64. The Bertz CT molecular complexity index is 692. The monoisotopic (exact) mass is 270 g/mol. The predicted molar refractivity (Wildman–Crippen MR) is 78.2 cm³/mol. The number of para-hydroxylation sites is 1. The third-order valence-corrected chi connectivity index (χ3v) is 3.66. The minimum Gasteiger partial charge on any atom is -0.461 e. The Balaban J connectivity index is 2.20. The van der Waals surface area contributed by atoms with Crippen molar-refractivity contribution in [3.63, 3.8) is 0 Å². The number of rotatable bonds is 3. The Morgan fingerprint density at radius 3 is 2.63 bits per heavy atom. The summed E-state index contributed by atoms with van der Waals surface area (Å²) in [7, 11) is 0. The van der Waals surface area contributed by atoms with Crippen LogP contribution in [0.3, 0.4) is 0 Å². The van der Waals surface area contributed by atoms with Crippen LogP contribution >= 0.6 is 11.8 Å². The highest BCUT2D eigenvalue weighted by Crippen LogP contribution is 2.30. The molecule has 0 fully saturated rings. The average molecular weight is 270 g/mol. The smallest absolute Gasteiger partial charge is 0.197 e. The maximum absolute atomic E-state index is 5.39. The average Bonchev–Trinajstić information content (AvgIpc) is 2.92. The Hall–Kier alpha value is -1.81. The predicted octanol–water partition coefficient (Wildman–Crippen LogP) is 4.39. The molecule has 0 radical (unpaired) electrons. The number of hydrogen-bond donors (Lipinski definition) is 0. The lowest BCUT2D eigenvalue weighted by molar-refractivity contribution is 0.577. The van der Waals surface area contributed by atoms with E-state index in [0.29, 0.717) is 16.8 Å². The first kappa shape index (κ1) is 12.2. The maximum atomic E-state index is 5.39. The molecule has 0 atom stereocenters. The van der Waals surface area contributed by atoms with Crippen LogP contribution in [0.2, 0.25) is 0 Å². The Kier molecular flexibility index (Phi) is 3.25. The second-order valence-electron chi connectivity index (χ2n) is 4.51. The van der Waals surface area contributed by atoms with Crippen LogP contribution in [0.15, 0.2) is 52.1 Å². The van der Waals surface area contributed by atoms with Gasteiger partial charge in [-0.3, -0.25) is 0 Å². The number of hydrogen-bond acceptors (Lipinski definition) is 4. The number of benzene rings is 1. The number of nitrogens with zero attached hydrogens (tertiary/aromatic N) is 2. The van der Waals surface area contributed by atoms with Crippen molar-refractivity contribution in [1.29, 1.82) is 0 Å². The fourth-order valence-corrected chi connectivity index (χ4v) is 2.76. The van der Waals surface area contributed by atoms with Crippen molar-refractivity contribution in [3.05, 3.63) is 42.7 Å². The molecular formula is C15H14N2OS. The molecule has 1 aromatic carbocycles. The van der Waals surface area contributed by atoms with Crippen molar-refractivity contribution in [2.24, 2.45) is 0 Å². The molecule has 19 heavy (non-hydrogen) atoms. The molecule has 0 N–H and O–H groups in total. The normalized spacial score (nSPS) is 11.3.